The van der Waals surface area contributed by atoms with Crippen LogP contribution in [0, 0.1) is 0 Å². The van der Waals surface area contributed by atoms with Crippen LogP contribution in [0.25, 0.3) is 0 Å². The molecule has 1 aliphatic rings. The van der Waals surface area contributed by atoms with Gasteiger partial charge in [0.25, 0.3) is 0 Å². The van der Waals surface area contributed by atoms with E-state index in [4.69, 9.17) is 9.97 Å². The molecule has 0 aromatic carbocycles. The number of aryl methyl sites for hydroxylation is 1. The molecule has 1 aromatic heterocycles. The van der Waals surface area contributed by atoms with E-state index in [1.807, 2.05) is 23.5 Å². The van der Waals surface area contributed by atoms with Crippen molar-refractivity contribution in [2.45, 2.75) is 56.3 Å². The van der Waals surface area contributed by atoms with Crippen LogP contribution in [0.4, 0.5) is 5.82 Å². The second kappa shape index (κ2) is 7.55. The lowest BCUT2D eigenvalue weighted by Crippen LogP contribution is -2.23. The molecule has 3 atom stereocenters. The fourth-order valence-corrected chi connectivity index (χ4v) is 5.08. The number of anilines is 1. The Hall–Kier alpha value is -0.420. The fraction of sp³-hybridized carbons (Fsp3) is 0.733. The van der Waals surface area contributed by atoms with E-state index >= 15 is 0 Å². The fourth-order valence-electron chi connectivity index (χ4n) is 2.24. The Kier molecular flexibility index (Phi) is 6.02. The van der Waals surface area contributed by atoms with Crippen molar-refractivity contribution in [2.75, 3.05) is 17.6 Å². The van der Waals surface area contributed by atoms with Gasteiger partial charge in [0.15, 0.2) is 0 Å². The molecule has 3 nitrogen and oxygen atoms in total. The van der Waals surface area contributed by atoms with E-state index in [2.05, 4.69) is 39.1 Å². The van der Waals surface area contributed by atoms with E-state index in [0.717, 1.165) is 42.0 Å². The first-order valence-corrected chi connectivity index (χ1v) is 9.52. The van der Waals surface area contributed by atoms with Gasteiger partial charge in [0.05, 0.1) is 5.25 Å². The Balaban J connectivity index is 2.20. The van der Waals surface area contributed by atoms with Crippen molar-refractivity contribution >= 4 is 29.3 Å². The maximum atomic E-state index is 4.80. The predicted molar refractivity (Wildman–Crippen MR) is 91.9 cm³/mol. The first-order chi connectivity index (χ1) is 9.63. The largest absolute Gasteiger partial charge is 0.370 e. The van der Waals surface area contributed by atoms with Gasteiger partial charge in [0, 0.05) is 34.6 Å². The minimum Gasteiger partial charge on any atom is -0.370 e. The highest BCUT2D eigenvalue weighted by Crippen LogP contribution is 2.43. The van der Waals surface area contributed by atoms with E-state index in [1.54, 1.807) is 0 Å². The van der Waals surface area contributed by atoms with Crippen molar-refractivity contribution in [2.24, 2.45) is 0 Å². The zero-order valence-corrected chi connectivity index (χ0v) is 14.5. The lowest BCUT2D eigenvalue weighted by Gasteiger charge is -2.30. The molecule has 2 rings (SSSR count). The molecule has 112 valence electrons. The van der Waals surface area contributed by atoms with Crippen LogP contribution in [0.1, 0.15) is 50.9 Å². The van der Waals surface area contributed by atoms with Crippen LogP contribution in [0.15, 0.2) is 6.07 Å². The van der Waals surface area contributed by atoms with E-state index in [-0.39, 0.29) is 0 Å². The quantitative estimate of drug-likeness (QED) is 0.884. The van der Waals surface area contributed by atoms with E-state index in [9.17, 15) is 0 Å². The summed E-state index contributed by atoms with van der Waals surface area (Å²) in [7, 11) is 0. The van der Waals surface area contributed by atoms with Gasteiger partial charge in [-0.15, -0.1) is 11.8 Å². The van der Waals surface area contributed by atoms with Crippen LogP contribution in [0.2, 0.25) is 0 Å². The third-order valence-electron chi connectivity index (χ3n) is 3.50. The molecule has 0 aliphatic carbocycles. The molecule has 1 saturated heterocycles. The number of hydrogen-bond acceptors (Lipinski definition) is 5. The molecule has 0 radical (unpaired) electrons. The smallest absolute Gasteiger partial charge is 0.144 e. The summed E-state index contributed by atoms with van der Waals surface area (Å²) in [5, 5.41) is 5.16. The molecular weight excluding hydrogens is 286 g/mol. The van der Waals surface area contributed by atoms with E-state index in [0.29, 0.717) is 10.5 Å². The Labute approximate surface area is 131 Å². The topological polar surface area (TPSA) is 37.8 Å². The highest BCUT2D eigenvalue weighted by atomic mass is 32.2. The predicted octanol–water partition coefficient (Wildman–Crippen LogP) is 4.16. The highest BCUT2D eigenvalue weighted by Gasteiger charge is 2.28. The number of nitrogens with zero attached hydrogens (tertiary/aromatic N) is 2. The standard InChI is InChI=1S/C15H25N3S2/c1-5-7-12-8-14(16-6-2)18-15(17-12)13-9-19-10(3)11(4)20-13/h8,10-11,13H,5-7,9H2,1-4H3,(H,16,17,18). The summed E-state index contributed by atoms with van der Waals surface area (Å²) in [5.41, 5.74) is 1.17. The van der Waals surface area contributed by atoms with Crippen LogP contribution in [-0.2, 0) is 6.42 Å². The van der Waals surface area contributed by atoms with Gasteiger partial charge >= 0.3 is 0 Å². The first-order valence-electron chi connectivity index (χ1n) is 7.52. The molecule has 1 aliphatic heterocycles. The van der Waals surface area contributed by atoms with E-state index in [1.165, 1.54) is 5.69 Å². The molecule has 1 aromatic rings. The maximum Gasteiger partial charge on any atom is 0.144 e. The lowest BCUT2D eigenvalue weighted by molar-refractivity contribution is 0.816. The Bertz CT molecular complexity index is 415. The summed E-state index contributed by atoms with van der Waals surface area (Å²) in [6, 6.07) is 2.10. The third kappa shape index (κ3) is 4.04. The minimum atomic E-state index is 0.431. The second-order valence-electron chi connectivity index (χ2n) is 5.25. The summed E-state index contributed by atoms with van der Waals surface area (Å²) < 4.78 is 0. The number of rotatable bonds is 5. The van der Waals surface area contributed by atoms with Crippen LogP contribution in [-0.4, -0.2) is 32.8 Å². The van der Waals surface area contributed by atoms with Crippen LogP contribution in [0.5, 0.6) is 0 Å². The van der Waals surface area contributed by atoms with Gasteiger partial charge in [0.2, 0.25) is 0 Å². The molecule has 3 unspecified atom stereocenters. The molecule has 0 bridgehead atoms. The van der Waals surface area contributed by atoms with Gasteiger partial charge in [-0.1, -0.05) is 27.2 Å². The normalized spacial score (nSPS) is 26.5. The highest BCUT2D eigenvalue weighted by molar-refractivity contribution is 8.07. The van der Waals surface area contributed by atoms with Gasteiger partial charge < -0.3 is 5.32 Å². The van der Waals surface area contributed by atoms with Crippen LogP contribution in [0.3, 0.4) is 0 Å². The molecule has 1 N–H and O–H groups in total. The molecule has 1 fully saturated rings. The van der Waals surface area contributed by atoms with Crippen molar-refractivity contribution in [1.82, 2.24) is 9.97 Å². The Morgan fingerprint density at radius 2 is 2.05 bits per heavy atom. The van der Waals surface area contributed by atoms with E-state index < -0.39 is 0 Å². The minimum absolute atomic E-state index is 0.431. The third-order valence-corrected chi connectivity index (χ3v) is 6.89. The van der Waals surface area contributed by atoms with Gasteiger partial charge in [-0.05, 0) is 13.3 Å². The van der Waals surface area contributed by atoms with Gasteiger partial charge in [0.1, 0.15) is 11.6 Å². The van der Waals surface area contributed by atoms with Crippen molar-refractivity contribution in [1.29, 1.82) is 0 Å². The Morgan fingerprint density at radius 1 is 1.25 bits per heavy atom. The molecular formula is C15H25N3S2. The zero-order chi connectivity index (χ0) is 14.5. The summed E-state index contributed by atoms with van der Waals surface area (Å²) in [4.78, 5) is 9.54. The molecule has 2 heterocycles. The monoisotopic (exact) mass is 311 g/mol. The Morgan fingerprint density at radius 3 is 2.70 bits per heavy atom. The lowest BCUT2D eigenvalue weighted by atomic mass is 10.2. The first kappa shape index (κ1) is 16.0. The summed E-state index contributed by atoms with van der Waals surface area (Å²) in [6.07, 6.45) is 2.16. The SMILES string of the molecule is CCCc1cc(NCC)nc(C2CSC(C)C(C)S2)n1. The van der Waals surface area contributed by atoms with Crippen LogP contribution >= 0.6 is 23.5 Å². The number of aromatic nitrogens is 2. The molecule has 0 spiro atoms. The average molecular weight is 312 g/mol. The zero-order valence-electron chi connectivity index (χ0n) is 12.8. The second-order valence-corrected chi connectivity index (χ2v) is 8.25. The summed E-state index contributed by atoms with van der Waals surface area (Å²) in [6.45, 7) is 9.84. The van der Waals surface area contributed by atoms with Crippen molar-refractivity contribution in [3.8, 4) is 0 Å². The summed E-state index contributed by atoms with van der Waals surface area (Å²) in [5.74, 6) is 3.12. The summed E-state index contributed by atoms with van der Waals surface area (Å²) >= 11 is 4.07. The maximum absolute atomic E-state index is 4.80. The van der Waals surface area contributed by atoms with Crippen molar-refractivity contribution < 1.29 is 0 Å². The van der Waals surface area contributed by atoms with Gasteiger partial charge in [-0.2, -0.15) is 11.8 Å². The number of nitrogens with one attached hydrogen (secondary N) is 1. The number of thioether (sulfide) groups is 2. The van der Waals surface area contributed by atoms with Crippen molar-refractivity contribution in [3.63, 3.8) is 0 Å². The van der Waals surface area contributed by atoms with Gasteiger partial charge in [-0.3, -0.25) is 0 Å². The molecule has 0 amide bonds. The molecule has 5 heteroatoms. The van der Waals surface area contributed by atoms with Crippen molar-refractivity contribution in [3.05, 3.63) is 17.6 Å². The molecule has 0 saturated carbocycles. The number of hydrogen-bond donors (Lipinski definition) is 1. The van der Waals surface area contributed by atoms with Crippen LogP contribution < -0.4 is 5.32 Å². The van der Waals surface area contributed by atoms with Gasteiger partial charge in [-0.25, -0.2) is 9.97 Å². The average Bonchev–Trinajstić information content (AvgIpc) is 2.42. The molecule has 20 heavy (non-hydrogen) atoms.